The molecule has 1 heterocycles. The summed E-state index contributed by atoms with van der Waals surface area (Å²) in [5.74, 6) is 1.09. The van der Waals surface area contributed by atoms with E-state index in [2.05, 4.69) is 23.4 Å². The molecule has 0 saturated carbocycles. The Kier molecular flexibility index (Phi) is 2.94. The highest BCUT2D eigenvalue weighted by Crippen LogP contribution is 2.10. The van der Waals surface area contributed by atoms with Gasteiger partial charge >= 0.3 is 0 Å². The molecule has 0 spiro atoms. The molecule has 0 bridgehead atoms. The van der Waals surface area contributed by atoms with E-state index >= 15 is 0 Å². The first-order valence-electron chi connectivity index (χ1n) is 3.65. The maximum Gasteiger partial charge on any atom is 0.0378 e. The first kappa shape index (κ1) is 8.60. The fourth-order valence-electron chi connectivity index (χ4n) is 1.17. The predicted molar refractivity (Wildman–Crippen MR) is 50.9 cm³/mol. The van der Waals surface area contributed by atoms with E-state index in [1.165, 1.54) is 5.56 Å². The summed E-state index contributed by atoms with van der Waals surface area (Å²) in [6.07, 6.45) is 2.12. The minimum absolute atomic E-state index is 1.09. The lowest BCUT2D eigenvalue weighted by atomic mass is 10.2. The molecule has 0 unspecified atom stereocenters. The van der Waals surface area contributed by atoms with Gasteiger partial charge in [-0.25, -0.2) is 0 Å². The van der Waals surface area contributed by atoms with E-state index in [4.69, 9.17) is 0 Å². The second-order valence-electron chi connectivity index (χ2n) is 2.69. The van der Waals surface area contributed by atoms with Crippen LogP contribution in [0.4, 0.5) is 0 Å². The molecule has 0 aliphatic carbocycles. The van der Waals surface area contributed by atoms with E-state index in [1.54, 1.807) is 0 Å². The second kappa shape index (κ2) is 3.77. The van der Waals surface area contributed by atoms with Crippen LogP contribution in [0, 0.1) is 13.8 Å². The van der Waals surface area contributed by atoms with Crippen molar-refractivity contribution in [2.75, 3.05) is 6.26 Å². The Morgan fingerprint density at radius 3 is 2.27 bits per heavy atom. The summed E-state index contributed by atoms with van der Waals surface area (Å²) in [7, 11) is 0. The molecule has 0 aromatic carbocycles. The lowest BCUT2D eigenvalue weighted by molar-refractivity contribution is 1.10. The van der Waals surface area contributed by atoms with Crippen LogP contribution in [-0.4, -0.2) is 11.2 Å². The zero-order chi connectivity index (χ0) is 8.27. The Morgan fingerprint density at radius 2 is 1.82 bits per heavy atom. The van der Waals surface area contributed by atoms with E-state index < -0.39 is 0 Å². The minimum Gasteiger partial charge on any atom is -0.258 e. The largest absolute Gasteiger partial charge is 0.258 e. The molecular weight excluding hydrogens is 154 g/mol. The van der Waals surface area contributed by atoms with Gasteiger partial charge in [-0.3, -0.25) is 4.98 Å². The number of pyridine rings is 1. The SMILES string of the molecule is CSCc1cc(C)nc(C)c1. The number of nitrogens with zero attached hydrogens (tertiary/aromatic N) is 1. The van der Waals surface area contributed by atoms with Crippen LogP contribution in [0.25, 0.3) is 0 Å². The summed E-state index contributed by atoms with van der Waals surface area (Å²) in [4.78, 5) is 4.31. The van der Waals surface area contributed by atoms with Crippen molar-refractivity contribution in [3.63, 3.8) is 0 Å². The van der Waals surface area contributed by atoms with Gasteiger partial charge in [0.2, 0.25) is 0 Å². The highest BCUT2D eigenvalue weighted by Gasteiger charge is 1.94. The zero-order valence-corrected chi connectivity index (χ0v) is 8.03. The lowest BCUT2D eigenvalue weighted by Crippen LogP contribution is -1.89. The van der Waals surface area contributed by atoms with Crippen LogP contribution in [-0.2, 0) is 5.75 Å². The van der Waals surface area contributed by atoms with Crippen LogP contribution >= 0.6 is 11.8 Å². The Balaban J connectivity index is 2.89. The predicted octanol–water partition coefficient (Wildman–Crippen LogP) is 2.56. The second-order valence-corrected chi connectivity index (χ2v) is 3.56. The molecule has 1 aromatic rings. The van der Waals surface area contributed by atoms with E-state index in [-0.39, 0.29) is 0 Å². The van der Waals surface area contributed by atoms with E-state index in [1.807, 2.05) is 25.6 Å². The first-order valence-corrected chi connectivity index (χ1v) is 5.05. The molecule has 1 nitrogen and oxygen atoms in total. The Labute approximate surface area is 72.2 Å². The maximum atomic E-state index is 4.31. The molecule has 0 aliphatic heterocycles. The molecular formula is C9H13NS. The van der Waals surface area contributed by atoms with E-state index in [0.717, 1.165) is 17.1 Å². The Hall–Kier alpha value is -0.500. The number of rotatable bonds is 2. The molecule has 60 valence electrons. The third-order valence-electron chi connectivity index (χ3n) is 1.45. The maximum absolute atomic E-state index is 4.31. The molecule has 1 rings (SSSR count). The topological polar surface area (TPSA) is 12.9 Å². The molecule has 2 heteroatoms. The fraction of sp³-hybridized carbons (Fsp3) is 0.444. The third-order valence-corrected chi connectivity index (χ3v) is 2.07. The van der Waals surface area contributed by atoms with Gasteiger partial charge in [0.15, 0.2) is 0 Å². The molecule has 0 radical (unpaired) electrons. The quantitative estimate of drug-likeness (QED) is 0.671. The minimum atomic E-state index is 1.09. The molecule has 1 aromatic heterocycles. The number of thioether (sulfide) groups is 1. The molecule has 0 amide bonds. The van der Waals surface area contributed by atoms with Gasteiger partial charge in [-0.1, -0.05) is 0 Å². The third kappa shape index (κ3) is 2.54. The van der Waals surface area contributed by atoms with Gasteiger partial charge in [0.05, 0.1) is 0 Å². The summed E-state index contributed by atoms with van der Waals surface area (Å²) in [5.41, 5.74) is 3.62. The summed E-state index contributed by atoms with van der Waals surface area (Å²) >= 11 is 1.84. The van der Waals surface area contributed by atoms with Crippen molar-refractivity contribution in [2.45, 2.75) is 19.6 Å². The number of hydrogen-bond acceptors (Lipinski definition) is 2. The van der Waals surface area contributed by atoms with Crippen LogP contribution in [0.2, 0.25) is 0 Å². The zero-order valence-electron chi connectivity index (χ0n) is 7.22. The number of aromatic nitrogens is 1. The van der Waals surface area contributed by atoms with Crippen molar-refractivity contribution in [1.29, 1.82) is 0 Å². The van der Waals surface area contributed by atoms with Gasteiger partial charge in [0, 0.05) is 17.1 Å². The normalized spacial score (nSPS) is 10.1. The number of aryl methyl sites for hydroxylation is 2. The summed E-state index contributed by atoms with van der Waals surface area (Å²) < 4.78 is 0. The van der Waals surface area contributed by atoms with Crippen molar-refractivity contribution in [1.82, 2.24) is 4.98 Å². The Morgan fingerprint density at radius 1 is 1.27 bits per heavy atom. The first-order chi connectivity index (χ1) is 5.22. The van der Waals surface area contributed by atoms with Crippen molar-refractivity contribution < 1.29 is 0 Å². The monoisotopic (exact) mass is 167 g/mol. The van der Waals surface area contributed by atoms with Gasteiger partial charge in [0.1, 0.15) is 0 Å². The Bertz CT molecular complexity index is 225. The van der Waals surface area contributed by atoms with Gasteiger partial charge in [-0.2, -0.15) is 11.8 Å². The summed E-state index contributed by atoms with van der Waals surface area (Å²) in [6, 6.07) is 4.28. The van der Waals surface area contributed by atoms with Crippen LogP contribution in [0.1, 0.15) is 17.0 Å². The molecule has 0 saturated heterocycles. The van der Waals surface area contributed by atoms with E-state index in [0.29, 0.717) is 0 Å². The standard InChI is InChI=1S/C9H13NS/c1-7-4-9(6-11-3)5-8(2)10-7/h4-5H,6H2,1-3H3. The summed E-state index contributed by atoms with van der Waals surface area (Å²) in [6.45, 7) is 4.08. The van der Waals surface area contributed by atoms with Crippen molar-refractivity contribution in [3.05, 3.63) is 29.1 Å². The average molecular weight is 167 g/mol. The number of hydrogen-bond donors (Lipinski definition) is 0. The molecule has 0 N–H and O–H groups in total. The molecule has 0 aliphatic rings. The smallest absolute Gasteiger partial charge is 0.0378 e. The fourth-order valence-corrected chi connectivity index (χ4v) is 1.67. The molecule has 0 atom stereocenters. The van der Waals surface area contributed by atoms with Crippen molar-refractivity contribution >= 4 is 11.8 Å². The van der Waals surface area contributed by atoms with Crippen molar-refractivity contribution in [2.24, 2.45) is 0 Å². The molecule has 0 fully saturated rings. The lowest BCUT2D eigenvalue weighted by Gasteiger charge is -2.01. The highest BCUT2D eigenvalue weighted by molar-refractivity contribution is 7.97. The summed E-state index contributed by atoms with van der Waals surface area (Å²) in [5, 5.41) is 0. The van der Waals surface area contributed by atoms with Crippen molar-refractivity contribution in [3.8, 4) is 0 Å². The van der Waals surface area contributed by atoms with Crippen LogP contribution < -0.4 is 0 Å². The van der Waals surface area contributed by atoms with Crippen LogP contribution in [0.5, 0.6) is 0 Å². The van der Waals surface area contributed by atoms with Crippen LogP contribution in [0.15, 0.2) is 12.1 Å². The van der Waals surface area contributed by atoms with Gasteiger partial charge < -0.3 is 0 Å². The average Bonchev–Trinajstić information content (AvgIpc) is 1.85. The molecule has 11 heavy (non-hydrogen) atoms. The van der Waals surface area contributed by atoms with Gasteiger partial charge in [0.25, 0.3) is 0 Å². The van der Waals surface area contributed by atoms with E-state index in [9.17, 15) is 0 Å². The van der Waals surface area contributed by atoms with Gasteiger partial charge in [-0.15, -0.1) is 0 Å². The highest BCUT2D eigenvalue weighted by atomic mass is 32.2. The van der Waals surface area contributed by atoms with Gasteiger partial charge in [-0.05, 0) is 37.8 Å². The van der Waals surface area contributed by atoms with Crippen LogP contribution in [0.3, 0.4) is 0 Å².